The van der Waals surface area contributed by atoms with E-state index in [-0.39, 0.29) is 46.1 Å². The minimum absolute atomic E-state index is 0.00893. The Morgan fingerprint density at radius 2 is 1.91 bits per heavy atom. The van der Waals surface area contributed by atoms with Gasteiger partial charge >= 0.3 is 0 Å². The Bertz CT molecular complexity index is 1380. The number of nitrogens with one attached hydrogen (secondary N) is 1. The van der Waals surface area contributed by atoms with Crippen molar-refractivity contribution in [1.82, 2.24) is 4.90 Å². The SMILES string of the molecule is NC(=O)c1ccccc1S(=O)(=O)c1cc2c(c([N+](=O)[O-])c1)NC(CCN1CCS(=O)(=O)CC1)CO2. The van der Waals surface area contributed by atoms with Crippen LogP contribution in [0.2, 0.25) is 0 Å². The molecule has 0 bridgehead atoms. The van der Waals surface area contributed by atoms with Gasteiger partial charge in [0.1, 0.15) is 6.61 Å². The van der Waals surface area contributed by atoms with E-state index < -0.39 is 41.1 Å². The lowest BCUT2D eigenvalue weighted by atomic mass is 10.1. The molecule has 1 unspecified atom stereocenters. The second kappa shape index (κ2) is 9.43. The molecule has 0 radical (unpaired) electrons. The van der Waals surface area contributed by atoms with Crippen molar-refractivity contribution < 1.29 is 31.3 Å². The monoisotopic (exact) mass is 524 g/mol. The van der Waals surface area contributed by atoms with Crippen molar-refractivity contribution in [2.24, 2.45) is 5.73 Å². The van der Waals surface area contributed by atoms with E-state index in [9.17, 15) is 31.7 Å². The molecule has 1 fully saturated rings. The van der Waals surface area contributed by atoms with Crippen LogP contribution in [0.25, 0.3) is 0 Å². The fourth-order valence-corrected chi connectivity index (χ4v) is 6.85. The number of sulfone groups is 2. The van der Waals surface area contributed by atoms with Gasteiger partial charge in [0, 0.05) is 31.8 Å². The van der Waals surface area contributed by atoms with Crippen molar-refractivity contribution >= 4 is 37.0 Å². The van der Waals surface area contributed by atoms with Crippen LogP contribution >= 0.6 is 0 Å². The molecule has 12 nitrogen and oxygen atoms in total. The molecule has 2 aromatic carbocycles. The maximum atomic E-state index is 13.3. The van der Waals surface area contributed by atoms with E-state index in [1.165, 1.54) is 30.3 Å². The summed E-state index contributed by atoms with van der Waals surface area (Å²) in [6.07, 6.45) is 0.544. The van der Waals surface area contributed by atoms with Crippen LogP contribution in [0.4, 0.5) is 11.4 Å². The van der Waals surface area contributed by atoms with Crippen LogP contribution in [0.5, 0.6) is 5.75 Å². The van der Waals surface area contributed by atoms with Crippen LogP contribution in [-0.2, 0) is 19.7 Å². The number of anilines is 1. The Hall–Kier alpha value is -3.23. The first-order chi connectivity index (χ1) is 16.5. The lowest BCUT2D eigenvalue weighted by Crippen LogP contribution is -2.43. The summed E-state index contributed by atoms with van der Waals surface area (Å²) in [6, 6.07) is 7.19. The number of hydrogen-bond acceptors (Lipinski definition) is 10. The zero-order valence-electron chi connectivity index (χ0n) is 18.5. The van der Waals surface area contributed by atoms with Gasteiger partial charge in [0.2, 0.25) is 15.7 Å². The zero-order valence-corrected chi connectivity index (χ0v) is 20.2. The molecule has 188 valence electrons. The van der Waals surface area contributed by atoms with Crippen molar-refractivity contribution in [1.29, 1.82) is 0 Å². The van der Waals surface area contributed by atoms with Crippen molar-refractivity contribution in [3.63, 3.8) is 0 Å². The summed E-state index contributed by atoms with van der Waals surface area (Å²) in [6.45, 7) is 1.58. The molecule has 14 heteroatoms. The maximum Gasteiger partial charge on any atom is 0.297 e. The normalized spacial score (nSPS) is 19.7. The lowest BCUT2D eigenvalue weighted by Gasteiger charge is -2.31. The minimum atomic E-state index is -4.32. The highest BCUT2D eigenvalue weighted by atomic mass is 32.2. The zero-order chi connectivity index (χ0) is 25.4. The summed E-state index contributed by atoms with van der Waals surface area (Å²) in [5, 5.41) is 14.9. The minimum Gasteiger partial charge on any atom is -0.489 e. The Morgan fingerprint density at radius 1 is 1.23 bits per heavy atom. The number of carbonyl (C=O) groups excluding carboxylic acids is 1. The van der Waals surface area contributed by atoms with Crippen LogP contribution in [0, 0.1) is 10.1 Å². The smallest absolute Gasteiger partial charge is 0.297 e. The summed E-state index contributed by atoms with van der Waals surface area (Å²) in [4.78, 5) is 24.1. The van der Waals surface area contributed by atoms with Crippen LogP contribution in [0.15, 0.2) is 46.2 Å². The van der Waals surface area contributed by atoms with Gasteiger partial charge in [0.25, 0.3) is 5.69 Å². The summed E-state index contributed by atoms with van der Waals surface area (Å²) < 4.78 is 55.4. The van der Waals surface area contributed by atoms with E-state index in [1.807, 2.05) is 4.90 Å². The fourth-order valence-electron chi connectivity index (χ4n) is 4.07. The van der Waals surface area contributed by atoms with E-state index in [1.54, 1.807) is 0 Å². The summed E-state index contributed by atoms with van der Waals surface area (Å²) in [7, 11) is -7.31. The molecule has 1 amide bonds. The third-order valence-corrected chi connectivity index (χ3v) is 9.42. The second-order valence-corrected chi connectivity index (χ2v) is 12.6. The maximum absolute atomic E-state index is 13.3. The Balaban J connectivity index is 1.58. The highest BCUT2D eigenvalue weighted by Gasteiger charge is 2.33. The third-order valence-electron chi connectivity index (χ3n) is 6.02. The van der Waals surface area contributed by atoms with Crippen LogP contribution < -0.4 is 15.8 Å². The number of nitro groups is 1. The number of rotatable bonds is 7. The fraction of sp³-hybridized carbons (Fsp3) is 0.381. The largest absolute Gasteiger partial charge is 0.489 e. The number of fused-ring (bicyclic) bond motifs is 1. The first-order valence-corrected chi connectivity index (χ1v) is 14.1. The van der Waals surface area contributed by atoms with E-state index in [4.69, 9.17) is 10.5 Å². The summed E-state index contributed by atoms with van der Waals surface area (Å²) in [5.41, 5.74) is 4.67. The number of nitrogens with zero attached hydrogens (tertiary/aromatic N) is 2. The van der Waals surface area contributed by atoms with Crippen LogP contribution in [0.1, 0.15) is 16.8 Å². The quantitative estimate of drug-likeness (QED) is 0.389. The number of carbonyl (C=O) groups is 1. The average Bonchev–Trinajstić information content (AvgIpc) is 2.82. The summed E-state index contributed by atoms with van der Waals surface area (Å²) in [5.74, 6) is -0.726. The number of ether oxygens (including phenoxy) is 1. The van der Waals surface area contributed by atoms with Crippen molar-refractivity contribution in [3.05, 3.63) is 52.1 Å². The van der Waals surface area contributed by atoms with Gasteiger partial charge in [-0.2, -0.15) is 0 Å². The topological polar surface area (TPSA) is 179 Å². The average molecular weight is 525 g/mol. The number of hydrogen-bond donors (Lipinski definition) is 2. The van der Waals surface area contributed by atoms with E-state index in [0.29, 0.717) is 26.1 Å². The molecular formula is C21H24N4O8S2. The van der Waals surface area contributed by atoms with Gasteiger partial charge in [0.05, 0.1) is 37.8 Å². The van der Waals surface area contributed by atoms with Gasteiger partial charge < -0.3 is 20.7 Å². The molecule has 0 saturated carbocycles. The van der Waals surface area contributed by atoms with Gasteiger partial charge in [0.15, 0.2) is 21.3 Å². The van der Waals surface area contributed by atoms with Gasteiger partial charge in [-0.3, -0.25) is 14.9 Å². The number of benzene rings is 2. The molecule has 0 spiro atoms. The van der Waals surface area contributed by atoms with Crippen molar-refractivity contribution in [3.8, 4) is 5.75 Å². The van der Waals surface area contributed by atoms with Gasteiger partial charge in [-0.15, -0.1) is 0 Å². The van der Waals surface area contributed by atoms with E-state index >= 15 is 0 Å². The lowest BCUT2D eigenvalue weighted by molar-refractivity contribution is -0.384. The standard InChI is InChI=1S/C21H24N4O8S2/c22-21(26)16-3-1-2-4-19(16)35(31,32)15-11-17(25(27)28)20-18(12-15)33-13-14(23-20)5-6-24-7-9-34(29,30)10-8-24/h1-4,11-12,14,23H,5-10,13H2,(H2,22,26). The molecule has 3 N–H and O–H groups in total. The van der Waals surface area contributed by atoms with Crippen LogP contribution in [-0.4, -0.2) is 76.4 Å². The molecule has 2 aliphatic rings. The molecule has 4 rings (SSSR count). The molecule has 35 heavy (non-hydrogen) atoms. The molecule has 1 atom stereocenters. The molecular weight excluding hydrogens is 500 g/mol. The van der Waals surface area contributed by atoms with E-state index in [0.717, 1.165) is 6.07 Å². The van der Waals surface area contributed by atoms with Crippen LogP contribution in [0.3, 0.4) is 0 Å². The van der Waals surface area contributed by atoms with Gasteiger partial charge in [-0.05, 0) is 18.6 Å². The molecule has 0 aliphatic carbocycles. The Kier molecular flexibility index (Phi) is 6.71. The second-order valence-electron chi connectivity index (χ2n) is 8.37. The highest BCUT2D eigenvalue weighted by Crippen LogP contribution is 2.41. The molecule has 1 saturated heterocycles. The van der Waals surface area contributed by atoms with E-state index in [2.05, 4.69) is 5.32 Å². The number of nitrogens with two attached hydrogens (primary N) is 1. The molecule has 2 aliphatic heterocycles. The molecule has 0 aromatic heterocycles. The highest BCUT2D eigenvalue weighted by molar-refractivity contribution is 7.91. The third kappa shape index (κ3) is 5.23. The Labute approximate surface area is 202 Å². The van der Waals surface area contributed by atoms with Crippen molar-refractivity contribution in [2.45, 2.75) is 22.3 Å². The molecule has 2 heterocycles. The predicted octanol–water partition coefficient (Wildman–Crippen LogP) is 0.820. The van der Waals surface area contributed by atoms with Gasteiger partial charge in [-0.1, -0.05) is 12.1 Å². The van der Waals surface area contributed by atoms with Gasteiger partial charge in [-0.25, -0.2) is 16.8 Å². The number of nitro benzene ring substituents is 1. The van der Waals surface area contributed by atoms with Crippen molar-refractivity contribution in [2.75, 3.05) is 43.1 Å². The first-order valence-electron chi connectivity index (χ1n) is 10.8. The number of primary amides is 1. The molecule has 2 aromatic rings. The predicted molar refractivity (Wildman–Crippen MR) is 126 cm³/mol. The summed E-state index contributed by atoms with van der Waals surface area (Å²) >= 11 is 0. The first kappa shape index (κ1) is 24.9. The number of amides is 1. The Morgan fingerprint density at radius 3 is 2.57 bits per heavy atom.